The number of methoxy groups -OCH3 is 1. The number of amides is 2. The number of ether oxygens (including phenoxy) is 1. The molecule has 1 aromatic carbocycles. The van der Waals surface area contributed by atoms with Gasteiger partial charge in [0, 0.05) is 30.8 Å². The summed E-state index contributed by atoms with van der Waals surface area (Å²) >= 11 is 0. The van der Waals surface area contributed by atoms with Crippen molar-refractivity contribution in [2.75, 3.05) is 23.9 Å². The first-order chi connectivity index (χ1) is 10.5. The molecule has 0 saturated carbocycles. The number of esters is 1. The van der Waals surface area contributed by atoms with E-state index in [2.05, 4.69) is 10.1 Å². The van der Waals surface area contributed by atoms with Crippen molar-refractivity contribution in [2.24, 2.45) is 5.92 Å². The van der Waals surface area contributed by atoms with Crippen LogP contribution in [-0.2, 0) is 19.1 Å². The second-order valence-corrected chi connectivity index (χ2v) is 5.27. The lowest BCUT2D eigenvalue weighted by atomic mass is 10.1. The number of nitrogens with one attached hydrogen (secondary N) is 1. The van der Waals surface area contributed by atoms with Crippen LogP contribution in [0, 0.1) is 5.92 Å². The van der Waals surface area contributed by atoms with E-state index in [4.69, 9.17) is 0 Å². The Morgan fingerprint density at radius 1 is 1.32 bits per heavy atom. The van der Waals surface area contributed by atoms with Crippen molar-refractivity contribution in [3.05, 3.63) is 24.3 Å². The minimum Gasteiger partial charge on any atom is -0.469 e. The van der Waals surface area contributed by atoms with E-state index >= 15 is 0 Å². The van der Waals surface area contributed by atoms with Crippen molar-refractivity contribution in [1.29, 1.82) is 0 Å². The summed E-state index contributed by atoms with van der Waals surface area (Å²) in [7, 11) is 1.32. The minimum absolute atomic E-state index is 0.0294. The van der Waals surface area contributed by atoms with E-state index in [1.807, 2.05) is 6.92 Å². The SMILES string of the molecule is CCCC(=O)Nc1ccc(N2C[C@@H](C(=O)OC)CC2=O)cc1. The van der Waals surface area contributed by atoms with Crippen LogP contribution in [0.3, 0.4) is 0 Å². The number of anilines is 2. The van der Waals surface area contributed by atoms with Crippen LogP contribution in [0.1, 0.15) is 26.2 Å². The molecule has 1 saturated heterocycles. The number of carbonyl (C=O) groups is 3. The Bertz CT molecular complexity index is 568. The molecular weight excluding hydrogens is 284 g/mol. The summed E-state index contributed by atoms with van der Waals surface area (Å²) in [6.45, 7) is 2.27. The second-order valence-electron chi connectivity index (χ2n) is 5.27. The Hall–Kier alpha value is -2.37. The van der Waals surface area contributed by atoms with Gasteiger partial charge in [0.05, 0.1) is 13.0 Å². The fourth-order valence-electron chi connectivity index (χ4n) is 2.46. The molecule has 0 bridgehead atoms. The average molecular weight is 304 g/mol. The molecule has 2 amide bonds. The Balaban J connectivity index is 2.03. The van der Waals surface area contributed by atoms with Crippen molar-refractivity contribution in [3.8, 4) is 0 Å². The van der Waals surface area contributed by atoms with Crippen molar-refractivity contribution < 1.29 is 19.1 Å². The lowest BCUT2D eigenvalue weighted by Gasteiger charge is -2.17. The van der Waals surface area contributed by atoms with Gasteiger partial charge < -0.3 is 15.0 Å². The highest BCUT2D eigenvalue weighted by atomic mass is 16.5. The van der Waals surface area contributed by atoms with Crippen LogP contribution in [0.15, 0.2) is 24.3 Å². The molecule has 2 rings (SSSR count). The first-order valence-electron chi connectivity index (χ1n) is 7.33. The number of carbonyl (C=O) groups excluding carboxylic acids is 3. The zero-order valence-electron chi connectivity index (χ0n) is 12.8. The Morgan fingerprint density at radius 2 is 2.00 bits per heavy atom. The lowest BCUT2D eigenvalue weighted by molar-refractivity contribution is -0.145. The zero-order valence-corrected chi connectivity index (χ0v) is 12.8. The summed E-state index contributed by atoms with van der Waals surface area (Å²) in [5.41, 5.74) is 1.41. The molecule has 0 unspecified atom stereocenters. The molecule has 0 aromatic heterocycles. The van der Waals surface area contributed by atoms with Crippen molar-refractivity contribution in [2.45, 2.75) is 26.2 Å². The van der Waals surface area contributed by atoms with Crippen molar-refractivity contribution >= 4 is 29.2 Å². The lowest BCUT2D eigenvalue weighted by Crippen LogP contribution is -2.26. The van der Waals surface area contributed by atoms with Crippen LogP contribution in [-0.4, -0.2) is 31.4 Å². The Labute approximate surface area is 129 Å². The number of benzene rings is 1. The van der Waals surface area contributed by atoms with Crippen LogP contribution in [0.5, 0.6) is 0 Å². The third-order valence-corrected chi connectivity index (χ3v) is 3.60. The molecule has 6 nitrogen and oxygen atoms in total. The maximum absolute atomic E-state index is 12.0. The maximum Gasteiger partial charge on any atom is 0.311 e. The minimum atomic E-state index is -0.415. The van der Waals surface area contributed by atoms with Gasteiger partial charge in [0.2, 0.25) is 11.8 Å². The molecule has 0 radical (unpaired) electrons. The van der Waals surface area contributed by atoms with Gasteiger partial charge in [-0.3, -0.25) is 14.4 Å². The fraction of sp³-hybridized carbons (Fsp3) is 0.438. The summed E-state index contributed by atoms with van der Waals surface area (Å²) < 4.78 is 4.69. The predicted octanol–water partition coefficient (Wildman–Crippen LogP) is 1.95. The fourth-order valence-corrected chi connectivity index (χ4v) is 2.46. The number of rotatable bonds is 5. The quantitative estimate of drug-likeness (QED) is 0.844. The number of hydrogen-bond acceptors (Lipinski definition) is 4. The van der Waals surface area contributed by atoms with Gasteiger partial charge in [-0.1, -0.05) is 6.92 Å². The Morgan fingerprint density at radius 3 is 2.59 bits per heavy atom. The molecule has 6 heteroatoms. The van der Waals surface area contributed by atoms with Gasteiger partial charge in [-0.05, 0) is 30.7 Å². The Kier molecular flexibility index (Phi) is 5.14. The van der Waals surface area contributed by atoms with E-state index in [0.717, 1.165) is 6.42 Å². The van der Waals surface area contributed by atoms with Crippen LogP contribution in [0.2, 0.25) is 0 Å². The van der Waals surface area contributed by atoms with Crippen molar-refractivity contribution in [3.63, 3.8) is 0 Å². The van der Waals surface area contributed by atoms with E-state index in [1.165, 1.54) is 7.11 Å². The smallest absolute Gasteiger partial charge is 0.311 e. The van der Waals surface area contributed by atoms with E-state index in [9.17, 15) is 14.4 Å². The van der Waals surface area contributed by atoms with Crippen LogP contribution in [0.4, 0.5) is 11.4 Å². The van der Waals surface area contributed by atoms with Crippen LogP contribution < -0.4 is 10.2 Å². The number of nitrogens with zero attached hydrogens (tertiary/aromatic N) is 1. The summed E-state index contributed by atoms with van der Waals surface area (Å²) in [6, 6.07) is 7.03. The highest BCUT2D eigenvalue weighted by molar-refractivity contribution is 5.99. The summed E-state index contributed by atoms with van der Waals surface area (Å²) in [5, 5.41) is 2.79. The molecule has 1 aliphatic rings. The zero-order chi connectivity index (χ0) is 16.1. The molecular formula is C16H20N2O4. The van der Waals surface area contributed by atoms with Gasteiger partial charge in [0.1, 0.15) is 0 Å². The standard InChI is InChI=1S/C16H20N2O4/c1-3-4-14(19)17-12-5-7-13(8-6-12)18-10-11(9-15(18)20)16(21)22-2/h5-8,11H,3-4,9-10H2,1-2H3,(H,17,19)/t11-/m0/s1. The molecule has 1 aromatic rings. The third kappa shape index (κ3) is 3.63. The van der Waals surface area contributed by atoms with Gasteiger partial charge in [0.25, 0.3) is 0 Å². The monoisotopic (exact) mass is 304 g/mol. The largest absolute Gasteiger partial charge is 0.469 e. The van der Waals surface area contributed by atoms with Crippen LogP contribution in [0.25, 0.3) is 0 Å². The van der Waals surface area contributed by atoms with Crippen LogP contribution >= 0.6 is 0 Å². The normalized spacial score (nSPS) is 17.5. The van der Waals surface area contributed by atoms with Gasteiger partial charge in [-0.2, -0.15) is 0 Å². The topological polar surface area (TPSA) is 75.7 Å². The summed E-state index contributed by atoms with van der Waals surface area (Å²) in [6.07, 6.45) is 1.44. The average Bonchev–Trinajstić information content (AvgIpc) is 2.89. The van der Waals surface area contributed by atoms with Gasteiger partial charge in [-0.15, -0.1) is 0 Å². The molecule has 1 heterocycles. The molecule has 22 heavy (non-hydrogen) atoms. The molecule has 1 atom stereocenters. The van der Waals surface area contributed by atoms with Gasteiger partial charge >= 0.3 is 5.97 Å². The highest BCUT2D eigenvalue weighted by Crippen LogP contribution is 2.26. The highest BCUT2D eigenvalue weighted by Gasteiger charge is 2.35. The first kappa shape index (κ1) is 16.0. The molecule has 0 aliphatic carbocycles. The number of hydrogen-bond donors (Lipinski definition) is 1. The molecule has 118 valence electrons. The van der Waals surface area contributed by atoms with Crippen molar-refractivity contribution in [1.82, 2.24) is 0 Å². The first-order valence-corrected chi connectivity index (χ1v) is 7.33. The van der Waals surface area contributed by atoms with E-state index in [1.54, 1.807) is 29.2 Å². The van der Waals surface area contributed by atoms with Gasteiger partial charge in [-0.25, -0.2) is 0 Å². The summed E-state index contributed by atoms with van der Waals surface area (Å²) in [4.78, 5) is 36.6. The summed E-state index contributed by atoms with van der Waals surface area (Å²) in [5.74, 6) is -0.905. The second kappa shape index (κ2) is 7.06. The van der Waals surface area contributed by atoms with E-state index in [0.29, 0.717) is 24.3 Å². The molecule has 1 fully saturated rings. The van der Waals surface area contributed by atoms with Gasteiger partial charge in [0.15, 0.2) is 0 Å². The molecule has 1 aliphatic heterocycles. The van der Waals surface area contributed by atoms with E-state index in [-0.39, 0.29) is 24.2 Å². The van der Waals surface area contributed by atoms with E-state index < -0.39 is 5.92 Å². The maximum atomic E-state index is 12.0. The third-order valence-electron chi connectivity index (χ3n) is 3.60. The molecule has 1 N–H and O–H groups in total. The predicted molar refractivity (Wildman–Crippen MR) is 82.5 cm³/mol. The molecule has 0 spiro atoms.